The lowest BCUT2D eigenvalue weighted by molar-refractivity contribution is -0.133. The van der Waals surface area contributed by atoms with E-state index in [4.69, 9.17) is 16.0 Å². The van der Waals surface area contributed by atoms with Crippen LogP contribution in [0, 0.1) is 5.82 Å². The maximum atomic E-state index is 13.9. The first kappa shape index (κ1) is 32.6. The summed E-state index contributed by atoms with van der Waals surface area (Å²) >= 11 is 6.06. The third kappa shape index (κ3) is 7.91. The normalized spacial score (nSPS) is 13.9. The molecule has 0 bridgehead atoms. The van der Waals surface area contributed by atoms with Gasteiger partial charge in [-0.25, -0.2) is 4.39 Å². The summed E-state index contributed by atoms with van der Waals surface area (Å²) < 4.78 is 19.3. The molecule has 3 amide bonds. The van der Waals surface area contributed by atoms with Crippen molar-refractivity contribution >= 4 is 46.0 Å². The van der Waals surface area contributed by atoms with E-state index in [2.05, 4.69) is 15.5 Å². The number of likely N-dealkylation sites (N-methyl/N-ethyl adjacent to an activating group) is 1. The number of fused-ring (bicyclic) bond motifs is 1. The average Bonchev–Trinajstić information content (AvgIpc) is 3.05. The highest BCUT2D eigenvalue weighted by Crippen LogP contribution is 2.23. The van der Waals surface area contributed by atoms with Crippen LogP contribution in [0.25, 0.3) is 11.0 Å². The topological polar surface area (TPSA) is 115 Å². The molecule has 10 nitrogen and oxygen atoms in total. The fraction of sp³-hybridized carbons (Fsp3) is 0.294. The lowest BCUT2D eigenvalue weighted by atomic mass is 10.0. The first-order chi connectivity index (χ1) is 22.1. The number of amides is 3. The quantitative estimate of drug-likeness (QED) is 0.271. The van der Waals surface area contributed by atoms with Gasteiger partial charge in [-0.3, -0.25) is 19.2 Å². The van der Waals surface area contributed by atoms with Crippen LogP contribution in [-0.4, -0.2) is 86.9 Å². The standard InChI is InChI=1S/C34H35ClFN5O5/c1-39(2)14-13-37-32(43)25-5-3-4-6-28(25)40-15-17-41(18-16-40)34(45)27(19-22-7-9-23(35)10-8-22)38-33(44)31-21-29(42)26-20-24(36)11-12-30(26)46-31/h3-12,20-21,27H,13-19H2,1-2H3,(H,37,43)(H,38,44)/t27-/m1/s1. The number of para-hydroxylation sites is 1. The number of nitrogens with zero attached hydrogens (tertiary/aromatic N) is 3. The van der Waals surface area contributed by atoms with Crippen LogP contribution < -0.4 is 21.0 Å². The number of halogens is 2. The first-order valence-corrected chi connectivity index (χ1v) is 15.3. The minimum atomic E-state index is -0.982. The molecule has 1 saturated heterocycles. The average molecular weight is 648 g/mol. The molecule has 0 saturated carbocycles. The number of nitrogens with one attached hydrogen (secondary N) is 2. The molecule has 0 radical (unpaired) electrons. The highest BCUT2D eigenvalue weighted by molar-refractivity contribution is 6.30. The Morgan fingerprint density at radius 1 is 0.957 bits per heavy atom. The molecule has 5 rings (SSSR count). The number of carbonyl (C=O) groups is 3. The van der Waals surface area contributed by atoms with E-state index >= 15 is 0 Å². The largest absolute Gasteiger partial charge is 0.451 e. The molecule has 1 fully saturated rings. The molecule has 1 atom stereocenters. The molecule has 1 aliphatic heterocycles. The van der Waals surface area contributed by atoms with Gasteiger partial charge in [0.25, 0.3) is 11.8 Å². The fourth-order valence-corrected chi connectivity index (χ4v) is 5.47. The zero-order valence-corrected chi connectivity index (χ0v) is 26.4. The molecule has 0 aliphatic carbocycles. The summed E-state index contributed by atoms with van der Waals surface area (Å²) in [6, 6.07) is 17.8. The Morgan fingerprint density at radius 3 is 2.39 bits per heavy atom. The Balaban J connectivity index is 1.31. The van der Waals surface area contributed by atoms with Crippen molar-refractivity contribution in [2.75, 3.05) is 58.3 Å². The number of carbonyl (C=O) groups excluding carboxylic acids is 3. The Hall–Kier alpha value is -4.74. The van der Waals surface area contributed by atoms with E-state index in [1.54, 1.807) is 35.2 Å². The summed E-state index contributed by atoms with van der Waals surface area (Å²) in [5.74, 6) is -2.10. The number of hydrogen-bond donors (Lipinski definition) is 2. The van der Waals surface area contributed by atoms with E-state index in [9.17, 15) is 23.6 Å². The minimum Gasteiger partial charge on any atom is -0.451 e. The van der Waals surface area contributed by atoms with Gasteiger partial charge in [-0.2, -0.15) is 0 Å². The molecule has 2 N–H and O–H groups in total. The van der Waals surface area contributed by atoms with E-state index in [0.717, 1.165) is 36.0 Å². The summed E-state index contributed by atoms with van der Waals surface area (Å²) in [5, 5.41) is 6.26. The van der Waals surface area contributed by atoms with Gasteiger partial charge in [0.2, 0.25) is 5.91 Å². The predicted octanol–water partition coefficient (Wildman–Crippen LogP) is 3.57. The molecule has 0 spiro atoms. The Labute approximate surface area is 270 Å². The highest BCUT2D eigenvalue weighted by atomic mass is 35.5. The van der Waals surface area contributed by atoms with E-state index in [0.29, 0.717) is 43.3 Å². The fourth-order valence-electron chi connectivity index (χ4n) is 5.34. The summed E-state index contributed by atoms with van der Waals surface area (Å²) in [5.41, 5.74) is 1.60. The van der Waals surface area contributed by atoms with Crippen LogP contribution >= 0.6 is 11.6 Å². The number of rotatable bonds is 10. The Kier molecular flexibility index (Phi) is 10.3. The van der Waals surface area contributed by atoms with Crippen molar-refractivity contribution in [1.29, 1.82) is 0 Å². The van der Waals surface area contributed by atoms with Crippen molar-refractivity contribution in [3.63, 3.8) is 0 Å². The van der Waals surface area contributed by atoms with Crippen molar-refractivity contribution in [3.8, 4) is 0 Å². The summed E-state index contributed by atoms with van der Waals surface area (Å²) in [6.45, 7) is 2.91. The van der Waals surface area contributed by atoms with E-state index < -0.39 is 23.2 Å². The highest BCUT2D eigenvalue weighted by Gasteiger charge is 2.31. The van der Waals surface area contributed by atoms with Gasteiger partial charge in [0.1, 0.15) is 17.4 Å². The van der Waals surface area contributed by atoms with Gasteiger partial charge in [0.15, 0.2) is 11.2 Å². The van der Waals surface area contributed by atoms with Crippen molar-refractivity contribution in [2.45, 2.75) is 12.5 Å². The first-order valence-electron chi connectivity index (χ1n) is 14.9. The Morgan fingerprint density at radius 2 is 1.67 bits per heavy atom. The van der Waals surface area contributed by atoms with E-state index in [-0.39, 0.29) is 35.0 Å². The number of anilines is 1. The van der Waals surface area contributed by atoms with Gasteiger partial charge in [-0.05, 0) is 62.1 Å². The summed E-state index contributed by atoms with van der Waals surface area (Å²) in [4.78, 5) is 58.6. The lowest BCUT2D eigenvalue weighted by Crippen LogP contribution is -2.55. The molecular weight excluding hydrogens is 613 g/mol. The second-order valence-electron chi connectivity index (χ2n) is 11.4. The molecular formula is C34H35ClFN5O5. The number of piperazine rings is 1. The molecule has 1 aliphatic rings. The molecule has 3 aromatic carbocycles. The lowest BCUT2D eigenvalue weighted by Gasteiger charge is -2.38. The van der Waals surface area contributed by atoms with Crippen molar-refractivity contribution in [2.24, 2.45) is 0 Å². The number of hydrogen-bond acceptors (Lipinski definition) is 7. The van der Waals surface area contributed by atoms with Crippen LogP contribution in [0.3, 0.4) is 0 Å². The van der Waals surface area contributed by atoms with Crippen molar-refractivity contribution in [3.05, 3.63) is 111 Å². The van der Waals surface area contributed by atoms with Crippen molar-refractivity contribution in [1.82, 2.24) is 20.4 Å². The molecule has 2 heterocycles. The van der Waals surface area contributed by atoms with Crippen LogP contribution in [0.15, 0.2) is 82.0 Å². The minimum absolute atomic E-state index is 0.0100. The van der Waals surface area contributed by atoms with Crippen LogP contribution in [0.1, 0.15) is 26.5 Å². The van der Waals surface area contributed by atoms with Gasteiger partial charge in [-0.15, -0.1) is 0 Å². The van der Waals surface area contributed by atoms with Gasteiger partial charge in [0.05, 0.1) is 10.9 Å². The number of benzene rings is 3. The van der Waals surface area contributed by atoms with Gasteiger partial charge in [0, 0.05) is 62.5 Å². The van der Waals surface area contributed by atoms with Crippen molar-refractivity contribution < 1.29 is 23.2 Å². The van der Waals surface area contributed by atoms with Gasteiger partial charge >= 0.3 is 0 Å². The molecule has 240 valence electrons. The predicted molar refractivity (Wildman–Crippen MR) is 175 cm³/mol. The molecule has 0 unspecified atom stereocenters. The third-order valence-corrected chi connectivity index (χ3v) is 8.05. The van der Waals surface area contributed by atoms with E-state index in [1.807, 2.05) is 37.2 Å². The summed E-state index contributed by atoms with van der Waals surface area (Å²) in [6.07, 6.45) is 0.168. The smallest absolute Gasteiger partial charge is 0.287 e. The van der Waals surface area contributed by atoms with Crippen LogP contribution in [0.4, 0.5) is 10.1 Å². The molecule has 46 heavy (non-hydrogen) atoms. The second kappa shape index (κ2) is 14.6. The second-order valence-corrected chi connectivity index (χ2v) is 11.8. The Bertz CT molecular complexity index is 1790. The third-order valence-electron chi connectivity index (χ3n) is 7.79. The van der Waals surface area contributed by atoms with Gasteiger partial charge in [-0.1, -0.05) is 35.9 Å². The zero-order valence-electron chi connectivity index (χ0n) is 25.6. The molecule has 4 aromatic rings. The van der Waals surface area contributed by atoms with Gasteiger partial charge < -0.3 is 29.8 Å². The SMILES string of the molecule is CN(C)CCNC(=O)c1ccccc1N1CCN(C(=O)[C@@H](Cc2ccc(Cl)cc2)NC(=O)c2cc(=O)c3cc(F)ccc3o2)CC1. The van der Waals surface area contributed by atoms with Crippen LogP contribution in [0.2, 0.25) is 5.02 Å². The monoisotopic (exact) mass is 647 g/mol. The maximum absolute atomic E-state index is 13.9. The molecule has 12 heteroatoms. The molecule has 1 aromatic heterocycles. The van der Waals surface area contributed by atoms with Crippen LogP contribution in [0.5, 0.6) is 0 Å². The zero-order chi connectivity index (χ0) is 32.8. The van der Waals surface area contributed by atoms with Crippen LogP contribution in [-0.2, 0) is 11.2 Å². The maximum Gasteiger partial charge on any atom is 0.287 e. The summed E-state index contributed by atoms with van der Waals surface area (Å²) in [7, 11) is 3.88. The van der Waals surface area contributed by atoms with E-state index in [1.165, 1.54) is 6.07 Å².